The van der Waals surface area contributed by atoms with Gasteiger partial charge in [0.1, 0.15) is 24.3 Å². The van der Waals surface area contributed by atoms with E-state index in [1.807, 2.05) is 36.6 Å². The van der Waals surface area contributed by atoms with Gasteiger partial charge in [-0.1, -0.05) is 12.1 Å². The molecule has 6 nitrogen and oxygen atoms in total. The lowest BCUT2D eigenvalue weighted by molar-refractivity contribution is -0.147. The van der Waals surface area contributed by atoms with Crippen LogP contribution in [0.3, 0.4) is 0 Å². The molecule has 1 aliphatic rings. The fraction of sp³-hybridized carbons (Fsp3) is 0.348. The number of carbonyl (C=O) groups excluding carboxylic acids is 1. The number of fused-ring (bicyclic) bond motifs is 2. The Balaban J connectivity index is 1.89. The summed E-state index contributed by atoms with van der Waals surface area (Å²) in [6.07, 6.45) is 1.82. The Morgan fingerprint density at radius 2 is 2.00 bits per heavy atom. The second kappa shape index (κ2) is 7.03. The van der Waals surface area contributed by atoms with Crippen LogP contribution in [0.4, 0.5) is 0 Å². The predicted molar refractivity (Wildman–Crippen MR) is 113 cm³/mol. The Bertz CT molecular complexity index is 1150. The van der Waals surface area contributed by atoms with E-state index in [0.29, 0.717) is 18.2 Å². The molecule has 0 saturated carbocycles. The van der Waals surface area contributed by atoms with Crippen molar-refractivity contribution in [2.24, 2.45) is 4.99 Å². The van der Waals surface area contributed by atoms with Gasteiger partial charge in [0, 0.05) is 0 Å². The summed E-state index contributed by atoms with van der Waals surface area (Å²) in [6, 6.07) is 10.1. The number of ether oxygens (including phenoxy) is 2. The largest absolute Gasteiger partial charge is 0.466 e. The molecule has 0 radical (unpaired) electrons. The number of aliphatic imine (C=N–C) groups is 1. The van der Waals surface area contributed by atoms with Crippen molar-refractivity contribution in [3.63, 3.8) is 0 Å². The summed E-state index contributed by atoms with van der Waals surface area (Å²) >= 11 is 0. The van der Waals surface area contributed by atoms with Gasteiger partial charge in [-0.3, -0.25) is 9.36 Å². The van der Waals surface area contributed by atoms with E-state index in [9.17, 15) is 4.79 Å². The number of aromatic nitrogens is 2. The van der Waals surface area contributed by atoms with Crippen LogP contribution in [-0.4, -0.2) is 33.7 Å². The van der Waals surface area contributed by atoms with Gasteiger partial charge < -0.3 is 9.47 Å². The fourth-order valence-corrected chi connectivity index (χ4v) is 3.67. The molecule has 2 heterocycles. The average molecular weight is 391 g/mol. The van der Waals surface area contributed by atoms with Gasteiger partial charge in [0.25, 0.3) is 0 Å². The summed E-state index contributed by atoms with van der Waals surface area (Å²) in [4.78, 5) is 21.7. The van der Waals surface area contributed by atoms with Gasteiger partial charge in [0.15, 0.2) is 0 Å². The van der Waals surface area contributed by atoms with Crippen molar-refractivity contribution in [1.29, 1.82) is 0 Å². The van der Waals surface area contributed by atoms with Crippen molar-refractivity contribution in [2.75, 3.05) is 6.61 Å². The number of nitrogens with zero attached hydrogens (tertiary/aromatic N) is 3. The van der Waals surface area contributed by atoms with Crippen LogP contribution in [0.1, 0.15) is 42.5 Å². The Labute approximate surface area is 170 Å². The Hall–Kier alpha value is -3.15. The normalized spacial score (nSPS) is 18.2. The Morgan fingerprint density at radius 1 is 1.21 bits per heavy atom. The highest BCUT2D eigenvalue weighted by molar-refractivity contribution is 6.07. The molecule has 1 unspecified atom stereocenters. The van der Waals surface area contributed by atoms with Crippen LogP contribution in [0.15, 0.2) is 41.7 Å². The second-order valence-electron chi connectivity index (χ2n) is 7.68. The standard InChI is InChI=1S/C23H25N3O3/c1-6-28-20(27)12-23(5)25-22(17-9-7-14(2)11-19(17)29-23)26-13-24-21-16(4)15(3)8-10-18(21)26/h7-11,13H,6,12H2,1-5H3. The van der Waals surface area contributed by atoms with E-state index in [1.54, 1.807) is 13.3 Å². The minimum Gasteiger partial charge on any atom is -0.466 e. The number of aryl methyl sites for hydroxylation is 3. The monoisotopic (exact) mass is 391 g/mol. The van der Waals surface area contributed by atoms with Gasteiger partial charge in [0.2, 0.25) is 5.72 Å². The number of esters is 1. The summed E-state index contributed by atoms with van der Waals surface area (Å²) < 4.78 is 13.3. The first-order valence-corrected chi connectivity index (χ1v) is 9.80. The number of imidazole rings is 1. The SMILES string of the molecule is CCOC(=O)CC1(C)N=C(n2cnc3c(C)c(C)ccc32)c2ccc(C)cc2O1. The summed E-state index contributed by atoms with van der Waals surface area (Å²) in [7, 11) is 0. The maximum absolute atomic E-state index is 12.2. The minimum absolute atomic E-state index is 0.0302. The second-order valence-corrected chi connectivity index (χ2v) is 7.68. The molecule has 150 valence electrons. The highest BCUT2D eigenvalue weighted by Gasteiger charge is 2.36. The lowest BCUT2D eigenvalue weighted by Gasteiger charge is -2.32. The molecule has 1 atom stereocenters. The highest BCUT2D eigenvalue weighted by atomic mass is 16.5. The molecule has 0 N–H and O–H groups in total. The third-order valence-electron chi connectivity index (χ3n) is 5.30. The molecule has 0 amide bonds. The van der Waals surface area contributed by atoms with Crippen molar-refractivity contribution in [3.05, 3.63) is 58.9 Å². The van der Waals surface area contributed by atoms with E-state index in [1.165, 1.54) is 5.56 Å². The summed E-state index contributed by atoms with van der Waals surface area (Å²) in [6.45, 7) is 10.1. The predicted octanol–water partition coefficient (Wildman–Crippen LogP) is 4.32. The van der Waals surface area contributed by atoms with Crippen LogP contribution in [-0.2, 0) is 9.53 Å². The van der Waals surface area contributed by atoms with Crippen molar-refractivity contribution >= 4 is 22.8 Å². The summed E-state index contributed by atoms with van der Waals surface area (Å²) in [5.41, 5.74) is 5.14. The first kappa shape index (κ1) is 19.2. The van der Waals surface area contributed by atoms with E-state index in [-0.39, 0.29) is 12.4 Å². The molecule has 3 aromatic rings. The van der Waals surface area contributed by atoms with E-state index < -0.39 is 5.72 Å². The maximum Gasteiger partial charge on any atom is 0.311 e. The molecule has 0 bridgehead atoms. The van der Waals surface area contributed by atoms with Crippen molar-refractivity contribution in [1.82, 2.24) is 9.55 Å². The molecule has 1 aliphatic heterocycles. The number of benzene rings is 2. The third-order valence-corrected chi connectivity index (χ3v) is 5.30. The van der Waals surface area contributed by atoms with E-state index >= 15 is 0 Å². The smallest absolute Gasteiger partial charge is 0.311 e. The molecule has 0 spiro atoms. The molecule has 1 aromatic heterocycles. The molecular formula is C23H25N3O3. The van der Waals surface area contributed by atoms with Gasteiger partial charge in [-0.2, -0.15) is 0 Å². The van der Waals surface area contributed by atoms with Crippen molar-refractivity contribution in [3.8, 4) is 5.75 Å². The lowest BCUT2D eigenvalue weighted by atomic mass is 10.0. The van der Waals surface area contributed by atoms with Crippen LogP contribution in [0.2, 0.25) is 0 Å². The topological polar surface area (TPSA) is 65.7 Å². The quantitative estimate of drug-likeness (QED) is 0.624. The number of hydrogen-bond acceptors (Lipinski definition) is 5. The zero-order valence-electron chi connectivity index (χ0n) is 17.4. The average Bonchev–Trinajstić information content (AvgIpc) is 3.08. The zero-order valence-corrected chi connectivity index (χ0v) is 17.4. The Kier molecular flexibility index (Phi) is 4.65. The molecule has 0 saturated heterocycles. The van der Waals surface area contributed by atoms with Gasteiger partial charge >= 0.3 is 5.97 Å². The number of rotatable bonds is 3. The van der Waals surface area contributed by atoms with Gasteiger partial charge in [0.05, 0.1) is 23.2 Å². The first-order valence-electron chi connectivity index (χ1n) is 9.80. The molecule has 6 heteroatoms. The maximum atomic E-state index is 12.2. The molecule has 29 heavy (non-hydrogen) atoms. The van der Waals surface area contributed by atoms with Crippen molar-refractivity contribution < 1.29 is 14.3 Å². The number of hydrogen-bond donors (Lipinski definition) is 0. The van der Waals surface area contributed by atoms with Crippen LogP contribution in [0.25, 0.3) is 11.0 Å². The van der Waals surface area contributed by atoms with Gasteiger partial charge in [-0.05, 0) is 69.5 Å². The number of carbonyl (C=O) groups is 1. The molecular weight excluding hydrogens is 366 g/mol. The van der Waals surface area contributed by atoms with Gasteiger partial charge in [-0.25, -0.2) is 9.98 Å². The molecule has 2 aromatic carbocycles. The summed E-state index contributed by atoms with van der Waals surface area (Å²) in [5.74, 6) is 1.08. The fourth-order valence-electron chi connectivity index (χ4n) is 3.67. The molecule has 0 aliphatic carbocycles. The van der Waals surface area contributed by atoms with E-state index in [0.717, 1.165) is 27.7 Å². The molecule has 0 fully saturated rings. The first-order chi connectivity index (χ1) is 13.8. The van der Waals surface area contributed by atoms with Crippen LogP contribution in [0, 0.1) is 20.8 Å². The highest BCUT2D eigenvalue weighted by Crippen LogP contribution is 2.35. The van der Waals surface area contributed by atoms with Crippen LogP contribution in [0.5, 0.6) is 5.75 Å². The van der Waals surface area contributed by atoms with Crippen LogP contribution >= 0.6 is 0 Å². The van der Waals surface area contributed by atoms with Crippen LogP contribution < -0.4 is 4.74 Å². The molecule has 4 rings (SSSR count). The Morgan fingerprint density at radius 3 is 2.76 bits per heavy atom. The zero-order chi connectivity index (χ0) is 20.8. The third kappa shape index (κ3) is 3.39. The van der Waals surface area contributed by atoms with E-state index in [2.05, 4.69) is 31.0 Å². The lowest BCUT2D eigenvalue weighted by Crippen LogP contribution is -2.39. The minimum atomic E-state index is -1.06. The summed E-state index contributed by atoms with van der Waals surface area (Å²) in [5, 5.41) is 0. The van der Waals surface area contributed by atoms with Crippen molar-refractivity contribution in [2.45, 2.75) is 46.8 Å². The van der Waals surface area contributed by atoms with Gasteiger partial charge in [-0.15, -0.1) is 0 Å². The van der Waals surface area contributed by atoms with E-state index in [4.69, 9.17) is 14.5 Å².